The van der Waals surface area contributed by atoms with Gasteiger partial charge in [0.15, 0.2) is 5.96 Å². The van der Waals surface area contributed by atoms with E-state index in [1.807, 2.05) is 11.7 Å². The van der Waals surface area contributed by atoms with E-state index in [2.05, 4.69) is 66.6 Å². The minimum absolute atomic E-state index is 0.488. The molecule has 2 N–H and O–H groups in total. The molecule has 2 aliphatic rings. The summed E-state index contributed by atoms with van der Waals surface area (Å²) in [6.45, 7) is 9.17. The number of nitrogens with one attached hydrogen (secondary N) is 2. The van der Waals surface area contributed by atoms with Crippen molar-refractivity contribution in [2.45, 2.75) is 90.5 Å². The largest absolute Gasteiger partial charge is 0.357 e. The molecule has 0 radical (unpaired) electrons. The molecule has 1 aromatic carbocycles. The fourth-order valence-electron chi connectivity index (χ4n) is 5.69. The van der Waals surface area contributed by atoms with E-state index in [1.54, 1.807) is 0 Å². The lowest BCUT2D eigenvalue weighted by atomic mass is 9.96. The Hall–Kier alpha value is -2.34. The highest BCUT2D eigenvalue weighted by molar-refractivity contribution is 5.80. The summed E-state index contributed by atoms with van der Waals surface area (Å²) in [5.74, 6) is 0.946. The van der Waals surface area contributed by atoms with Gasteiger partial charge in [-0.3, -0.25) is 9.58 Å². The Bertz CT molecular complexity index is 889. The Morgan fingerprint density at radius 1 is 1.06 bits per heavy atom. The topological polar surface area (TPSA) is 57.5 Å². The van der Waals surface area contributed by atoms with Gasteiger partial charge in [-0.05, 0) is 51.0 Å². The molecule has 2 bridgehead atoms. The van der Waals surface area contributed by atoms with Gasteiger partial charge >= 0.3 is 0 Å². The number of rotatable bonds is 8. The van der Waals surface area contributed by atoms with E-state index in [0.717, 1.165) is 31.9 Å². The number of piperidine rings is 1. The predicted octanol–water partition coefficient (Wildman–Crippen LogP) is 3.80. The number of aliphatic imine (C=N–C) groups is 1. The van der Waals surface area contributed by atoms with Crippen LogP contribution in [0.4, 0.5) is 0 Å². The van der Waals surface area contributed by atoms with Gasteiger partial charge < -0.3 is 10.6 Å². The molecule has 2 aromatic rings. The summed E-state index contributed by atoms with van der Waals surface area (Å²) in [7, 11) is 2.05. The number of nitrogens with zero attached hydrogens (tertiary/aromatic N) is 4. The summed E-state index contributed by atoms with van der Waals surface area (Å²) in [6, 6.07) is 12.8. The predicted molar refractivity (Wildman–Crippen MR) is 132 cm³/mol. The highest BCUT2D eigenvalue weighted by Gasteiger charge is 2.40. The SMILES string of the molecule is CCNC(=NCc1c(CC)nn(C)c1CC)NC1CC2CCC(C1)N2Cc1ccccc1. The van der Waals surface area contributed by atoms with Gasteiger partial charge in [0.2, 0.25) is 0 Å². The Labute approximate surface area is 193 Å². The summed E-state index contributed by atoms with van der Waals surface area (Å²) >= 11 is 0. The maximum Gasteiger partial charge on any atom is 0.191 e. The molecular weight excluding hydrogens is 396 g/mol. The summed E-state index contributed by atoms with van der Waals surface area (Å²) < 4.78 is 2.03. The van der Waals surface area contributed by atoms with E-state index in [9.17, 15) is 0 Å². The van der Waals surface area contributed by atoms with Crippen LogP contribution in [-0.2, 0) is 33.0 Å². The number of guanidine groups is 1. The highest BCUT2D eigenvalue weighted by atomic mass is 15.3. The van der Waals surface area contributed by atoms with Crippen molar-refractivity contribution in [1.29, 1.82) is 0 Å². The summed E-state index contributed by atoms with van der Waals surface area (Å²) in [5, 5.41) is 12.0. The van der Waals surface area contributed by atoms with Crippen LogP contribution in [-0.4, -0.2) is 45.3 Å². The first-order valence-electron chi connectivity index (χ1n) is 12.5. The first-order valence-corrected chi connectivity index (χ1v) is 12.5. The molecule has 6 heteroatoms. The first kappa shape index (κ1) is 22.8. The molecule has 0 aliphatic carbocycles. The van der Waals surface area contributed by atoms with Crippen LogP contribution in [0.15, 0.2) is 35.3 Å². The number of hydrogen-bond acceptors (Lipinski definition) is 3. The van der Waals surface area contributed by atoms with E-state index in [0.29, 0.717) is 24.7 Å². The normalized spacial score (nSPS) is 23.5. The van der Waals surface area contributed by atoms with Crippen molar-refractivity contribution in [1.82, 2.24) is 25.3 Å². The molecule has 0 saturated carbocycles. The lowest BCUT2D eigenvalue weighted by molar-refractivity contribution is 0.114. The summed E-state index contributed by atoms with van der Waals surface area (Å²) in [4.78, 5) is 7.74. The van der Waals surface area contributed by atoms with Crippen molar-refractivity contribution >= 4 is 5.96 Å². The van der Waals surface area contributed by atoms with Crippen LogP contribution in [0, 0.1) is 0 Å². The van der Waals surface area contributed by atoms with Gasteiger partial charge in [-0.1, -0.05) is 44.2 Å². The number of fused-ring (bicyclic) bond motifs is 2. The van der Waals surface area contributed by atoms with E-state index in [1.165, 1.54) is 48.2 Å². The third-order valence-corrected chi connectivity index (χ3v) is 7.20. The third kappa shape index (κ3) is 5.01. The molecule has 2 unspecified atom stereocenters. The van der Waals surface area contributed by atoms with Crippen LogP contribution in [0.5, 0.6) is 0 Å². The molecule has 2 atom stereocenters. The van der Waals surface area contributed by atoms with Crippen molar-refractivity contribution < 1.29 is 0 Å². The van der Waals surface area contributed by atoms with E-state index in [-0.39, 0.29) is 0 Å². The second-order valence-electron chi connectivity index (χ2n) is 9.25. The smallest absolute Gasteiger partial charge is 0.191 e. The van der Waals surface area contributed by atoms with Crippen LogP contribution in [0.25, 0.3) is 0 Å². The van der Waals surface area contributed by atoms with Gasteiger partial charge in [0.05, 0.1) is 12.2 Å². The lowest BCUT2D eigenvalue weighted by Crippen LogP contribution is -2.52. The molecule has 2 saturated heterocycles. The van der Waals surface area contributed by atoms with Crippen molar-refractivity contribution in [3.8, 4) is 0 Å². The maximum absolute atomic E-state index is 4.99. The maximum atomic E-state index is 4.99. The Morgan fingerprint density at radius 2 is 1.78 bits per heavy atom. The molecule has 0 amide bonds. The molecule has 4 rings (SSSR count). The van der Waals surface area contributed by atoms with Gasteiger partial charge in [-0.25, -0.2) is 4.99 Å². The Kier molecular flexibility index (Phi) is 7.51. The number of hydrogen-bond donors (Lipinski definition) is 2. The Balaban J connectivity index is 1.41. The highest BCUT2D eigenvalue weighted by Crippen LogP contribution is 2.36. The molecule has 174 valence electrons. The van der Waals surface area contributed by atoms with Crippen molar-refractivity contribution in [3.05, 3.63) is 52.8 Å². The molecule has 0 spiro atoms. The number of aryl methyl sites for hydroxylation is 2. The first-order chi connectivity index (χ1) is 15.6. The minimum Gasteiger partial charge on any atom is -0.357 e. The number of aromatic nitrogens is 2. The summed E-state index contributed by atoms with van der Waals surface area (Å²) in [6.07, 6.45) is 6.97. The lowest BCUT2D eigenvalue weighted by Gasteiger charge is -2.39. The third-order valence-electron chi connectivity index (χ3n) is 7.20. The molecular formula is C26H40N6. The van der Waals surface area contributed by atoms with Crippen molar-refractivity contribution in [2.75, 3.05) is 6.54 Å². The van der Waals surface area contributed by atoms with Gasteiger partial charge in [-0.15, -0.1) is 0 Å². The summed E-state index contributed by atoms with van der Waals surface area (Å²) in [5.41, 5.74) is 5.21. The quantitative estimate of drug-likeness (QED) is 0.488. The fourth-order valence-corrected chi connectivity index (χ4v) is 5.69. The van der Waals surface area contributed by atoms with Crippen LogP contribution >= 0.6 is 0 Å². The molecule has 2 aliphatic heterocycles. The average Bonchev–Trinajstić information content (AvgIpc) is 3.23. The molecule has 2 fully saturated rings. The van der Waals surface area contributed by atoms with Crippen LogP contribution < -0.4 is 10.6 Å². The van der Waals surface area contributed by atoms with E-state index in [4.69, 9.17) is 10.1 Å². The Morgan fingerprint density at radius 3 is 2.41 bits per heavy atom. The molecule has 1 aromatic heterocycles. The van der Waals surface area contributed by atoms with Gasteiger partial charge in [-0.2, -0.15) is 5.10 Å². The van der Waals surface area contributed by atoms with Gasteiger partial charge in [0, 0.05) is 49.5 Å². The van der Waals surface area contributed by atoms with E-state index < -0.39 is 0 Å². The van der Waals surface area contributed by atoms with Gasteiger partial charge in [0.25, 0.3) is 0 Å². The van der Waals surface area contributed by atoms with Crippen LogP contribution in [0.1, 0.15) is 69.0 Å². The molecule has 32 heavy (non-hydrogen) atoms. The average molecular weight is 437 g/mol. The zero-order chi connectivity index (χ0) is 22.5. The molecule has 6 nitrogen and oxygen atoms in total. The number of benzene rings is 1. The zero-order valence-corrected chi connectivity index (χ0v) is 20.3. The zero-order valence-electron chi connectivity index (χ0n) is 20.3. The standard InChI is InChI=1S/C26H40N6/c1-5-24-23(25(6-2)31(4)30-24)17-28-26(27-7-3)29-20-15-21-13-14-22(16-20)32(21)18-19-11-9-8-10-12-19/h8-12,20-22H,5-7,13-18H2,1-4H3,(H2,27,28,29). The van der Waals surface area contributed by atoms with Crippen LogP contribution in [0.2, 0.25) is 0 Å². The van der Waals surface area contributed by atoms with E-state index >= 15 is 0 Å². The van der Waals surface area contributed by atoms with Crippen molar-refractivity contribution in [3.63, 3.8) is 0 Å². The monoisotopic (exact) mass is 436 g/mol. The van der Waals surface area contributed by atoms with Crippen molar-refractivity contribution in [2.24, 2.45) is 12.0 Å². The van der Waals surface area contributed by atoms with Crippen LogP contribution in [0.3, 0.4) is 0 Å². The minimum atomic E-state index is 0.488. The second kappa shape index (κ2) is 10.5. The fraction of sp³-hybridized carbons (Fsp3) is 0.615. The second-order valence-corrected chi connectivity index (χ2v) is 9.25. The molecule has 3 heterocycles. The van der Waals surface area contributed by atoms with Gasteiger partial charge in [0.1, 0.15) is 0 Å².